The first-order valence-corrected chi connectivity index (χ1v) is 13.2. The Morgan fingerprint density at radius 2 is 1.95 bits per heavy atom. The van der Waals surface area contributed by atoms with Crippen molar-refractivity contribution < 1.29 is 9.18 Å². The van der Waals surface area contributed by atoms with Gasteiger partial charge in [-0.25, -0.2) is 19.3 Å². The maximum absolute atomic E-state index is 16.1. The summed E-state index contributed by atoms with van der Waals surface area (Å²) in [5, 5.41) is 10.4. The molecule has 1 aliphatic carbocycles. The average Bonchev–Trinajstić information content (AvgIpc) is 3.72. The van der Waals surface area contributed by atoms with Crippen LogP contribution in [0.15, 0.2) is 49.4 Å². The largest absolute Gasteiger partial charge is 0.336 e. The summed E-state index contributed by atoms with van der Waals surface area (Å²) in [5.74, 6) is 0.387. The summed E-state index contributed by atoms with van der Waals surface area (Å²) >= 11 is 0. The molecule has 3 N–H and O–H groups in total. The second-order valence-electron chi connectivity index (χ2n) is 10.1. The fourth-order valence-electron chi connectivity index (χ4n) is 5.35. The first-order chi connectivity index (χ1) is 19.5. The van der Waals surface area contributed by atoms with E-state index in [9.17, 15) is 4.79 Å². The number of anilines is 1. The zero-order valence-corrected chi connectivity index (χ0v) is 21.6. The van der Waals surface area contributed by atoms with Gasteiger partial charge in [-0.2, -0.15) is 5.10 Å². The average molecular weight is 537 g/mol. The molecule has 6 heterocycles. The molecule has 1 amide bonds. The summed E-state index contributed by atoms with van der Waals surface area (Å²) in [6.45, 7) is 1.90. The van der Waals surface area contributed by atoms with E-state index in [1.54, 1.807) is 35.4 Å². The molecule has 1 fully saturated rings. The Kier molecular flexibility index (Phi) is 5.80. The van der Waals surface area contributed by atoms with E-state index in [0.29, 0.717) is 39.6 Å². The standard InChI is InChI=1S/C28H25FN10O/c1-15-13-39(14-33-15)27-24-19(7-8-31-27)35-26(36-24)25-21-20(37-38-25)12-32-23(22(21)29)17-9-18(11-30-10-17)34-28(40)16-5-3-2-4-6-16/h7-14,16H,2-6H2,1H3,(H,34,40)(H,35,36)(H,37,38). The minimum atomic E-state index is -0.567. The van der Waals surface area contributed by atoms with Crippen LogP contribution in [0.3, 0.4) is 0 Å². The lowest BCUT2D eigenvalue weighted by Gasteiger charge is -2.20. The van der Waals surface area contributed by atoms with E-state index >= 15 is 4.39 Å². The summed E-state index contributed by atoms with van der Waals surface area (Å²) in [5.41, 5.74) is 3.97. The molecule has 0 radical (unpaired) electrons. The van der Waals surface area contributed by atoms with Crippen LogP contribution in [-0.4, -0.2) is 50.6 Å². The molecule has 12 heteroatoms. The van der Waals surface area contributed by atoms with E-state index in [4.69, 9.17) is 4.98 Å². The molecule has 0 aliphatic heterocycles. The van der Waals surface area contributed by atoms with Gasteiger partial charge in [0.15, 0.2) is 17.5 Å². The molecule has 1 aliphatic rings. The molecule has 6 aromatic rings. The number of H-pyrrole nitrogens is 2. The first kappa shape index (κ1) is 24.1. The third kappa shape index (κ3) is 4.17. The lowest BCUT2D eigenvalue weighted by atomic mass is 9.88. The van der Waals surface area contributed by atoms with Crippen LogP contribution >= 0.6 is 0 Å². The van der Waals surface area contributed by atoms with Crippen molar-refractivity contribution >= 4 is 33.5 Å². The lowest BCUT2D eigenvalue weighted by Crippen LogP contribution is -2.24. The van der Waals surface area contributed by atoms with Crippen molar-refractivity contribution in [3.05, 3.63) is 61.0 Å². The molecule has 6 aromatic heterocycles. The van der Waals surface area contributed by atoms with Crippen LogP contribution in [0.5, 0.6) is 0 Å². The third-order valence-corrected chi connectivity index (χ3v) is 7.36. The molecule has 0 saturated heterocycles. The summed E-state index contributed by atoms with van der Waals surface area (Å²) in [6.07, 6.45) is 14.9. The zero-order valence-electron chi connectivity index (χ0n) is 21.6. The highest BCUT2D eigenvalue weighted by Crippen LogP contribution is 2.33. The minimum absolute atomic E-state index is 0.00516. The van der Waals surface area contributed by atoms with Crippen LogP contribution in [0.25, 0.3) is 50.5 Å². The number of nitrogens with one attached hydrogen (secondary N) is 3. The van der Waals surface area contributed by atoms with Gasteiger partial charge in [0.05, 0.1) is 40.2 Å². The number of aromatic nitrogens is 9. The molecule has 0 spiro atoms. The maximum atomic E-state index is 16.1. The number of halogens is 1. The van der Waals surface area contributed by atoms with Crippen molar-refractivity contribution in [2.24, 2.45) is 5.92 Å². The van der Waals surface area contributed by atoms with Gasteiger partial charge in [0, 0.05) is 30.1 Å². The van der Waals surface area contributed by atoms with E-state index in [2.05, 4.69) is 40.4 Å². The van der Waals surface area contributed by atoms with E-state index in [1.165, 1.54) is 18.8 Å². The summed E-state index contributed by atoms with van der Waals surface area (Å²) < 4.78 is 17.9. The van der Waals surface area contributed by atoms with Crippen molar-refractivity contribution in [3.8, 4) is 28.6 Å². The van der Waals surface area contributed by atoms with Gasteiger partial charge in [-0.15, -0.1) is 0 Å². The van der Waals surface area contributed by atoms with Gasteiger partial charge >= 0.3 is 0 Å². The van der Waals surface area contributed by atoms with Crippen molar-refractivity contribution in [2.45, 2.75) is 39.0 Å². The Morgan fingerprint density at radius 1 is 1.07 bits per heavy atom. The number of aryl methyl sites for hydroxylation is 1. The number of amides is 1. The first-order valence-electron chi connectivity index (χ1n) is 13.2. The van der Waals surface area contributed by atoms with Gasteiger partial charge < -0.3 is 10.3 Å². The van der Waals surface area contributed by atoms with Crippen LogP contribution in [0, 0.1) is 18.7 Å². The number of hydrogen-bond donors (Lipinski definition) is 3. The smallest absolute Gasteiger partial charge is 0.227 e. The second kappa shape index (κ2) is 9.63. The number of fused-ring (bicyclic) bond motifs is 2. The Bertz CT molecular complexity index is 1880. The second-order valence-corrected chi connectivity index (χ2v) is 10.1. The van der Waals surface area contributed by atoms with Crippen LogP contribution in [0.1, 0.15) is 37.8 Å². The minimum Gasteiger partial charge on any atom is -0.336 e. The Balaban J connectivity index is 1.26. The monoisotopic (exact) mass is 536 g/mol. The maximum Gasteiger partial charge on any atom is 0.227 e. The van der Waals surface area contributed by atoms with Crippen molar-refractivity contribution in [3.63, 3.8) is 0 Å². The fourth-order valence-corrected chi connectivity index (χ4v) is 5.35. The van der Waals surface area contributed by atoms with Crippen LogP contribution < -0.4 is 5.32 Å². The molecule has 0 atom stereocenters. The predicted molar refractivity (Wildman–Crippen MR) is 147 cm³/mol. The molecule has 200 valence electrons. The summed E-state index contributed by atoms with van der Waals surface area (Å²) in [4.78, 5) is 38.1. The Morgan fingerprint density at radius 3 is 2.77 bits per heavy atom. The highest BCUT2D eigenvalue weighted by molar-refractivity contribution is 5.96. The highest BCUT2D eigenvalue weighted by atomic mass is 19.1. The number of nitrogens with zero attached hydrogens (tertiary/aromatic N) is 7. The Labute approximate surface area is 227 Å². The van der Waals surface area contributed by atoms with E-state index in [1.807, 2.05) is 13.1 Å². The van der Waals surface area contributed by atoms with E-state index < -0.39 is 5.82 Å². The van der Waals surface area contributed by atoms with Gasteiger partial charge in [0.25, 0.3) is 0 Å². The number of carbonyl (C=O) groups is 1. The molecular formula is C28H25FN10O. The number of pyridine rings is 3. The molecule has 0 bridgehead atoms. The van der Waals surface area contributed by atoms with Gasteiger partial charge in [-0.3, -0.25) is 24.4 Å². The normalized spacial score (nSPS) is 14.2. The number of hydrogen-bond acceptors (Lipinski definition) is 7. The van der Waals surface area contributed by atoms with E-state index in [-0.39, 0.29) is 22.9 Å². The van der Waals surface area contributed by atoms with Crippen LogP contribution in [0.4, 0.5) is 10.1 Å². The van der Waals surface area contributed by atoms with Crippen LogP contribution in [-0.2, 0) is 4.79 Å². The number of carbonyl (C=O) groups excluding carboxylic acids is 1. The number of imidazole rings is 2. The van der Waals surface area contributed by atoms with Crippen molar-refractivity contribution in [2.75, 3.05) is 5.32 Å². The third-order valence-electron chi connectivity index (χ3n) is 7.36. The molecule has 40 heavy (non-hydrogen) atoms. The van der Waals surface area contributed by atoms with Gasteiger partial charge in [-0.1, -0.05) is 19.3 Å². The molecule has 0 aromatic carbocycles. The van der Waals surface area contributed by atoms with E-state index in [0.717, 1.165) is 36.9 Å². The molecule has 11 nitrogen and oxygen atoms in total. The highest BCUT2D eigenvalue weighted by Gasteiger charge is 2.23. The van der Waals surface area contributed by atoms with Crippen molar-refractivity contribution in [1.29, 1.82) is 0 Å². The predicted octanol–water partition coefficient (Wildman–Crippen LogP) is 5.11. The van der Waals surface area contributed by atoms with Crippen molar-refractivity contribution in [1.82, 2.24) is 44.7 Å². The molecule has 1 saturated carbocycles. The number of rotatable bonds is 5. The quantitative estimate of drug-likeness (QED) is 0.278. The SMILES string of the molecule is Cc1cn(-c2nccc3[nH]c(-c4n[nH]c5cnc(-c6cncc(NC(=O)C7CCCCC7)c6)c(F)c45)nc23)cn1. The van der Waals surface area contributed by atoms with Gasteiger partial charge in [0.2, 0.25) is 5.91 Å². The molecule has 7 rings (SSSR count). The van der Waals surface area contributed by atoms with Gasteiger partial charge in [0.1, 0.15) is 23.2 Å². The summed E-state index contributed by atoms with van der Waals surface area (Å²) in [7, 11) is 0. The fraction of sp³-hybridized carbons (Fsp3) is 0.250. The number of aromatic amines is 2. The lowest BCUT2D eigenvalue weighted by molar-refractivity contribution is -0.120. The Hall–Kier alpha value is -5.00. The van der Waals surface area contributed by atoms with Crippen LogP contribution in [0.2, 0.25) is 0 Å². The zero-order chi connectivity index (χ0) is 27.2. The molecule has 0 unspecified atom stereocenters. The summed E-state index contributed by atoms with van der Waals surface area (Å²) in [6, 6.07) is 3.49. The molecular weight excluding hydrogens is 511 g/mol. The topological polar surface area (TPSA) is 143 Å². The van der Waals surface area contributed by atoms with Gasteiger partial charge in [-0.05, 0) is 31.9 Å².